The minimum absolute atomic E-state index is 0.723. The molecule has 7 heterocycles. The summed E-state index contributed by atoms with van der Waals surface area (Å²) < 4.78 is 14.0. The number of rotatable bonds is 10. The fourth-order valence-corrected chi connectivity index (χ4v) is 20.8. The lowest BCUT2D eigenvalue weighted by molar-refractivity contribution is 1.01. The van der Waals surface area contributed by atoms with E-state index in [1.807, 2.05) is 36.4 Å². The van der Waals surface area contributed by atoms with Crippen molar-refractivity contribution < 1.29 is 0 Å². The molecule has 0 atom stereocenters. The second kappa shape index (κ2) is 39.4. The lowest BCUT2D eigenvalue weighted by Crippen LogP contribution is -1.96. The summed E-state index contributed by atoms with van der Waals surface area (Å²) in [4.78, 5) is 10.1. The second-order valence-electron chi connectivity index (χ2n) is 37.2. The zero-order valence-corrected chi connectivity index (χ0v) is 81.2. The summed E-state index contributed by atoms with van der Waals surface area (Å²) in [5.74, 6) is 0.723. The molecule has 0 N–H and O–H groups in total. The van der Waals surface area contributed by atoms with E-state index in [1.165, 1.54) is 204 Å². The van der Waals surface area contributed by atoms with Gasteiger partial charge in [-0.1, -0.05) is 362 Å². The Labute approximate surface area is 838 Å². The van der Waals surface area contributed by atoms with Crippen molar-refractivity contribution in [1.29, 1.82) is 0 Å². The van der Waals surface area contributed by atoms with Crippen LogP contribution in [0.3, 0.4) is 0 Å². The number of hydrogen-bond acceptors (Lipinski definition) is 2. The van der Waals surface area contributed by atoms with Crippen molar-refractivity contribution in [2.75, 3.05) is 0 Å². The van der Waals surface area contributed by atoms with E-state index < -0.39 is 0 Å². The van der Waals surface area contributed by atoms with Crippen LogP contribution >= 0.6 is 0 Å². The summed E-state index contributed by atoms with van der Waals surface area (Å²) in [5.41, 5.74) is 37.3. The highest BCUT2D eigenvalue weighted by molar-refractivity contribution is 6.15. The third-order valence-electron chi connectivity index (χ3n) is 27.7. The molecule has 0 aliphatic heterocycles. The van der Waals surface area contributed by atoms with Gasteiger partial charge >= 0.3 is 0 Å². The van der Waals surface area contributed by atoms with Crippen LogP contribution < -0.4 is 0 Å². The molecule has 28 aromatic rings. The van der Waals surface area contributed by atoms with Crippen molar-refractivity contribution in [1.82, 2.24) is 37.4 Å². The van der Waals surface area contributed by atoms with Gasteiger partial charge in [0, 0.05) is 128 Å². The number of nitrogens with zero attached hydrogens (tertiary/aromatic N) is 8. The Kier molecular flexibility index (Phi) is 24.5. The SMILES string of the molecule is Cc1ccc(-n2c3ccc(-c4ccccc4)cc3c3cc(-c4ccccc4)ccc32)cc1.Cc1ccc2c(c1)c1cc(-c3nc(-c4ccccc4)cc(-c4ccccc4)n3)ccc1n2-c1ccccc1.Cc1ccc2c(c1)c1ccccc1n2-c1ccccc1.Cc1ccc2c3ccccc3n(-c3ccccc3)c2c1.Cc1cccc(-n2c3ccccc3c3ccccc32)c1.Cn1c2ccccc2c2ccccc21. The van der Waals surface area contributed by atoms with Crippen LogP contribution in [0, 0.1) is 34.6 Å². The fraction of sp³-hybridized carbons (Fsp3) is 0.0441. The smallest absolute Gasteiger partial charge is 0.160 e. The topological polar surface area (TPSA) is 55.4 Å². The molecule has 688 valence electrons. The lowest BCUT2D eigenvalue weighted by atomic mass is 10.0. The molecular formula is C136H104N8. The molecule has 8 heteroatoms. The Balaban J connectivity index is 0.0000000986. The Bertz CT molecular complexity index is 9280. The van der Waals surface area contributed by atoms with Gasteiger partial charge in [0.05, 0.1) is 66.6 Å². The van der Waals surface area contributed by atoms with E-state index in [9.17, 15) is 0 Å². The summed E-state index contributed by atoms with van der Waals surface area (Å²) in [6, 6.07) is 185. The maximum Gasteiger partial charge on any atom is 0.160 e. The first-order valence-electron chi connectivity index (χ1n) is 49.4. The lowest BCUT2D eigenvalue weighted by Gasteiger charge is -2.10. The molecular weight excluding hydrogens is 1750 g/mol. The van der Waals surface area contributed by atoms with Crippen LogP contribution in [0.4, 0.5) is 0 Å². The van der Waals surface area contributed by atoms with E-state index in [0.717, 1.165) is 39.6 Å². The quantitative estimate of drug-likeness (QED) is 0.137. The molecule has 7 aromatic heterocycles. The highest BCUT2D eigenvalue weighted by Gasteiger charge is 2.22. The molecule has 0 bridgehead atoms. The normalized spacial score (nSPS) is 11.3. The molecule has 0 saturated heterocycles. The van der Waals surface area contributed by atoms with Crippen molar-refractivity contribution in [3.05, 3.63) is 550 Å². The number of fused-ring (bicyclic) bond motifs is 18. The Morgan fingerprint density at radius 3 is 0.785 bits per heavy atom. The molecule has 0 aliphatic rings. The first-order valence-corrected chi connectivity index (χ1v) is 49.4. The first kappa shape index (κ1) is 89.4. The molecule has 0 fully saturated rings. The first-order chi connectivity index (χ1) is 70.9. The Hall–Kier alpha value is -18.5. The van der Waals surface area contributed by atoms with Gasteiger partial charge in [-0.05, 0) is 244 Å². The molecule has 0 radical (unpaired) electrons. The van der Waals surface area contributed by atoms with E-state index in [4.69, 9.17) is 9.97 Å². The fourth-order valence-electron chi connectivity index (χ4n) is 20.8. The van der Waals surface area contributed by atoms with Gasteiger partial charge in [-0.3, -0.25) is 0 Å². The average Bonchev–Trinajstić information content (AvgIpc) is 1.80. The Morgan fingerprint density at radius 2 is 0.389 bits per heavy atom. The number of aryl methyl sites for hydroxylation is 6. The van der Waals surface area contributed by atoms with Crippen molar-refractivity contribution in [3.63, 3.8) is 0 Å². The van der Waals surface area contributed by atoms with E-state index in [1.54, 1.807) is 0 Å². The third-order valence-corrected chi connectivity index (χ3v) is 27.7. The monoisotopic (exact) mass is 1850 g/mol. The van der Waals surface area contributed by atoms with Gasteiger partial charge in [-0.2, -0.15) is 0 Å². The molecule has 28 rings (SSSR count). The van der Waals surface area contributed by atoms with E-state index >= 15 is 0 Å². The molecule has 0 amide bonds. The van der Waals surface area contributed by atoms with Crippen LogP contribution in [-0.4, -0.2) is 37.4 Å². The van der Waals surface area contributed by atoms with Crippen molar-refractivity contribution in [2.24, 2.45) is 7.05 Å². The van der Waals surface area contributed by atoms with Gasteiger partial charge in [-0.25, -0.2) is 9.97 Å². The van der Waals surface area contributed by atoms with E-state index in [-0.39, 0.29) is 0 Å². The van der Waals surface area contributed by atoms with Crippen LogP contribution in [0.15, 0.2) is 522 Å². The van der Waals surface area contributed by atoms with Crippen LogP contribution in [0.1, 0.15) is 27.8 Å². The molecule has 8 nitrogen and oxygen atoms in total. The molecule has 144 heavy (non-hydrogen) atoms. The van der Waals surface area contributed by atoms with Crippen LogP contribution in [0.2, 0.25) is 0 Å². The molecule has 21 aromatic carbocycles. The number of benzene rings is 21. The van der Waals surface area contributed by atoms with Gasteiger partial charge in [-0.15, -0.1) is 0 Å². The summed E-state index contributed by atoms with van der Waals surface area (Å²) in [6.45, 7) is 10.7. The van der Waals surface area contributed by atoms with Gasteiger partial charge in [0.25, 0.3) is 0 Å². The summed E-state index contributed by atoms with van der Waals surface area (Å²) in [6.07, 6.45) is 0. The maximum absolute atomic E-state index is 5.05. The van der Waals surface area contributed by atoms with Gasteiger partial charge in [0.1, 0.15) is 0 Å². The van der Waals surface area contributed by atoms with Gasteiger partial charge < -0.3 is 27.4 Å². The zero-order valence-electron chi connectivity index (χ0n) is 81.2. The van der Waals surface area contributed by atoms with Gasteiger partial charge in [0.2, 0.25) is 0 Å². The summed E-state index contributed by atoms with van der Waals surface area (Å²) >= 11 is 0. The van der Waals surface area contributed by atoms with Crippen LogP contribution in [-0.2, 0) is 7.05 Å². The minimum atomic E-state index is 0.723. The molecule has 0 aliphatic carbocycles. The number of aromatic nitrogens is 8. The highest BCUT2D eigenvalue weighted by Crippen LogP contribution is 2.43. The Morgan fingerprint density at radius 1 is 0.139 bits per heavy atom. The van der Waals surface area contributed by atoms with Crippen LogP contribution in [0.5, 0.6) is 0 Å². The molecule has 0 unspecified atom stereocenters. The van der Waals surface area contributed by atoms with E-state index in [0.29, 0.717) is 0 Å². The van der Waals surface area contributed by atoms with Crippen molar-refractivity contribution in [3.8, 4) is 84.6 Å². The molecule has 0 spiro atoms. The summed E-state index contributed by atoms with van der Waals surface area (Å²) in [5, 5.41) is 15.5. The molecule has 0 saturated carbocycles. The maximum atomic E-state index is 5.05. The van der Waals surface area contributed by atoms with E-state index in [2.05, 4.69) is 554 Å². The summed E-state index contributed by atoms with van der Waals surface area (Å²) in [7, 11) is 2.12. The largest absolute Gasteiger partial charge is 0.344 e. The minimum Gasteiger partial charge on any atom is -0.344 e. The number of para-hydroxylation sites is 9. The standard InChI is InChI=1S/C35H25N3.C31H23N.3C19H15N.C13H11N/c1-24-17-19-33-29(21-24)30-22-27(18-20-34(30)38(33)28-15-9-4-10-16-28)35-36-31(25-11-5-2-6-12-25)23-32(37-35)26-13-7-3-8-14-26;1-22-12-16-27(17-13-22)32-30-18-14-25(23-8-4-2-5-9-23)20-28(30)29-21-26(15-19-31(29)32)24-10-6-3-7-11-24;1-14-7-6-8-15(13-14)20-18-11-4-2-9-16(18)17-10-3-5-12-19(17)20;1-14-11-12-19-17(13-14)16-9-5-6-10-18(16)20(19)15-7-3-2-4-8-15;1-14-11-12-17-16-9-5-6-10-18(16)20(19(17)13-14)15-7-3-2-4-8-15;1-14-12-8-4-2-6-10(12)11-7-3-5-9-13(11)14/h2-23H,1H3;2-21H,1H3;3*2-13H,1H3;2-9H,1H3. The van der Waals surface area contributed by atoms with Crippen molar-refractivity contribution in [2.45, 2.75) is 34.6 Å². The van der Waals surface area contributed by atoms with Gasteiger partial charge in [0.15, 0.2) is 5.82 Å². The third kappa shape index (κ3) is 17.5. The zero-order chi connectivity index (χ0) is 97.1. The predicted molar refractivity (Wildman–Crippen MR) is 611 cm³/mol. The van der Waals surface area contributed by atoms with Crippen LogP contribution in [0.25, 0.3) is 215 Å². The number of hydrogen-bond donors (Lipinski definition) is 0. The van der Waals surface area contributed by atoms with Crippen molar-refractivity contribution >= 4 is 131 Å². The average molecular weight is 1850 g/mol. The highest BCUT2D eigenvalue weighted by atomic mass is 15.0. The second-order valence-corrected chi connectivity index (χ2v) is 37.2. The predicted octanol–water partition coefficient (Wildman–Crippen LogP) is 35.9.